The summed E-state index contributed by atoms with van der Waals surface area (Å²) in [7, 11) is 0. The van der Waals surface area contributed by atoms with Crippen LogP contribution in [-0.2, 0) is 0 Å². The zero-order valence-electron chi connectivity index (χ0n) is 30.7. The fraction of sp³-hybridized carbons (Fsp3) is 0. The van der Waals surface area contributed by atoms with Crippen LogP contribution < -0.4 is 4.90 Å². The van der Waals surface area contributed by atoms with Crippen LogP contribution in [-0.4, -0.2) is 0 Å². The summed E-state index contributed by atoms with van der Waals surface area (Å²) in [6.45, 7) is 7.87. The number of nitrogens with zero attached hydrogens (tertiary/aromatic N) is 1. The van der Waals surface area contributed by atoms with E-state index >= 15 is 0 Å². The summed E-state index contributed by atoms with van der Waals surface area (Å²) in [5, 5.41) is 0. The Balaban J connectivity index is 1.20. The molecule has 1 nitrogen and oxygen atoms in total. The average Bonchev–Trinajstić information content (AvgIpc) is 3.27. The summed E-state index contributed by atoms with van der Waals surface area (Å²) in [6, 6.07) is 73.9. The van der Waals surface area contributed by atoms with E-state index in [1.54, 1.807) is 6.08 Å². The molecule has 1 heteroatoms. The van der Waals surface area contributed by atoms with Crippen molar-refractivity contribution in [2.75, 3.05) is 4.90 Å². The maximum atomic E-state index is 4.00. The van der Waals surface area contributed by atoms with Crippen molar-refractivity contribution >= 4 is 22.6 Å². The first-order valence-electron chi connectivity index (χ1n) is 18.7. The highest BCUT2D eigenvalue weighted by molar-refractivity contribution is 5.90. The minimum atomic E-state index is 1.05. The van der Waals surface area contributed by atoms with Gasteiger partial charge in [0.25, 0.3) is 0 Å². The second-order valence-electron chi connectivity index (χ2n) is 13.5. The highest BCUT2D eigenvalue weighted by Crippen LogP contribution is 2.42. The molecule has 0 saturated carbocycles. The summed E-state index contributed by atoms with van der Waals surface area (Å²) in [4.78, 5) is 2.35. The second-order valence-corrected chi connectivity index (χ2v) is 13.5. The molecule has 0 fully saturated rings. The third kappa shape index (κ3) is 7.64. The standard InChI is InChI=1S/C54H41N/c1-3-14-40(4-2)43-25-27-49(28-26-43)53-38-37-52(39-54(53)48-19-12-7-13-20-48)55(50-33-29-46(30-34-50)42-17-10-6-11-18-42)51-35-31-47(32-36-51)45-23-21-44(22-24-45)41-15-8-5-9-16-41/h3-39H,1-2H2/b40-14+. The van der Waals surface area contributed by atoms with Gasteiger partial charge in [-0.3, -0.25) is 0 Å². The molecule has 0 aliphatic rings. The molecule has 8 aromatic carbocycles. The van der Waals surface area contributed by atoms with Gasteiger partial charge >= 0.3 is 0 Å². The molecule has 0 aliphatic carbocycles. The summed E-state index contributed by atoms with van der Waals surface area (Å²) in [5.74, 6) is 0. The van der Waals surface area contributed by atoms with E-state index in [9.17, 15) is 0 Å². The van der Waals surface area contributed by atoms with Gasteiger partial charge < -0.3 is 4.90 Å². The Bertz CT molecular complexity index is 2550. The van der Waals surface area contributed by atoms with Crippen LogP contribution in [0, 0.1) is 0 Å². The molecule has 0 spiro atoms. The van der Waals surface area contributed by atoms with Crippen molar-refractivity contribution in [1.82, 2.24) is 0 Å². The topological polar surface area (TPSA) is 3.24 Å². The van der Waals surface area contributed by atoms with Gasteiger partial charge in [-0.1, -0.05) is 201 Å². The first-order chi connectivity index (χ1) is 27.2. The lowest BCUT2D eigenvalue weighted by Crippen LogP contribution is -2.10. The minimum Gasteiger partial charge on any atom is -0.310 e. The van der Waals surface area contributed by atoms with Crippen molar-refractivity contribution in [3.05, 3.63) is 243 Å². The summed E-state index contributed by atoms with van der Waals surface area (Å²) in [5.41, 5.74) is 17.2. The quantitative estimate of drug-likeness (QED) is 0.121. The van der Waals surface area contributed by atoms with Crippen LogP contribution in [0.1, 0.15) is 5.56 Å². The zero-order chi connectivity index (χ0) is 37.4. The number of hydrogen-bond acceptors (Lipinski definition) is 1. The van der Waals surface area contributed by atoms with Gasteiger partial charge in [-0.15, -0.1) is 0 Å². The third-order valence-electron chi connectivity index (χ3n) is 10.1. The summed E-state index contributed by atoms with van der Waals surface area (Å²) >= 11 is 0. The van der Waals surface area contributed by atoms with Crippen molar-refractivity contribution in [2.45, 2.75) is 0 Å². The van der Waals surface area contributed by atoms with Crippen LogP contribution in [0.4, 0.5) is 17.1 Å². The van der Waals surface area contributed by atoms with E-state index in [1.165, 1.54) is 38.9 Å². The molecule has 0 aromatic heterocycles. The molecule has 0 unspecified atom stereocenters. The molecular formula is C54H41N. The van der Waals surface area contributed by atoms with Gasteiger partial charge in [-0.25, -0.2) is 0 Å². The average molecular weight is 704 g/mol. The third-order valence-corrected chi connectivity index (χ3v) is 10.1. The molecule has 0 heterocycles. The van der Waals surface area contributed by atoms with Crippen LogP contribution in [0.25, 0.3) is 61.2 Å². The predicted octanol–water partition coefficient (Wildman–Crippen LogP) is 15.2. The van der Waals surface area contributed by atoms with E-state index in [2.05, 4.69) is 224 Å². The van der Waals surface area contributed by atoms with Gasteiger partial charge in [0.2, 0.25) is 0 Å². The van der Waals surface area contributed by atoms with Gasteiger partial charge in [0.15, 0.2) is 0 Å². The van der Waals surface area contributed by atoms with Gasteiger partial charge in [0, 0.05) is 17.1 Å². The lowest BCUT2D eigenvalue weighted by atomic mass is 9.92. The first-order valence-corrected chi connectivity index (χ1v) is 18.7. The number of hydrogen-bond donors (Lipinski definition) is 0. The van der Waals surface area contributed by atoms with Crippen LogP contribution in [0.3, 0.4) is 0 Å². The normalized spacial score (nSPS) is 11.2. The lowest BCUT2D eigenvalue weighted by Gasteiger charge is -2.27. The highest BCUT2D eigenvalue weighted by atomic mass is 15.1. The molecule has 0 aliphatic heterocycles. The van der Waals surface area contributed by atoms with Gasteiger partial charge in [0.1, 0.15) is 0 Å². The van der Waals surface area contributed by atoms with Gasteiger partial charge in [0.05, 0.1) is 0 Å². The Morgan fingerprint density at radius 2 is 0.709 bits per heavy atom. The highest BCUT2D eigenvalue weighted by Gasteiger charge is 2.17. The predicted molar refractivity (Wildman–Crippen MR) is 237 cm³/mol. The number of rotatable bonds is 11. The zero-order valence-corrected chi connectivity index (χ0v) is 30.7. The number of allylic oxidation sites excluding steroid dienone is 4. The minimum absolute atomic E-state index is 1.05. The molecular weight excluding hydrogens is 663 g/mol. The molecule has 262 valence electrons. The fourth-order valence-electron chi connectivity index (χ4n) is 7.20. The Morgan fingerprint density at radius 1 is 0.345 bits per heavy atom. The Morgan fingerprint density at radius 3 is 1.15 bits per heavy atom. The van der Waals surface area contributed by atoms with Crippen molar-refractivity contribution in [3.63, 3.8) is 0 Å². The van der Waals surface area contributed by atoms with E-state index in [-0.39, 0.29) is 0 Å². The van der Waals surface area contributed by atoms with Crippen molar-refractivity contribution in [3.8, 4) is 55.6 Å². The van der Waals surface area contributed by atoms with Gasteiger partial charge in [-0.05, 0) is 103 Å². The van der Waals surface area contributed by atoms with Gasteiger partial charge in [-0.2, -0.15) is 0 Å². The van der Waals surface area contributed by atoms with Crippen LogP contribution in [0.15, 0.2) is 238 Å². The molecule has 0 radical (unpaired) electrons. The molecule has 0 saturated heterocycles. The maximum Gasteiger partial charge on any atom is 0.0468 e. The van der Waals surface area contributed by atoms with Crippen LogP contribution >= 0.6 is 0 Å². The lowest BCUT2D eigenvalue weighted by molar-refractivity contribution is 1.28. The number of benzene rings is 8. The van der Waals surface area contributed by atoms with E-state index in [1.807, 2.05) is 12.2 Å². The van der Waals surface area contributed by atoms with E-state index in [0.29, 0.717) is 0 Å². The molecule has 0 bridgehead atoms. The van der Waals surface area contributed by atoms with Crippen molar-refractivity contribution in [1.29, 1.82) is 0 Å². The monoisotopic (exact) mass is 703 g/mol. The fourth-order valence-corrected chi connectivity index (χ4v) is 7.20. The second kappa shape index (κ2) is 16.2. The van der Waals surface area contributed by atoms with Crippen molar-refractivity contribution < 1.29 is 0 Å². The summed E-state index contributed by atoms with van der Waals surface area (Å²) in [6.07, 6.45) is 5.66. The Kier molecular flexibility index (Phi) is 10.3. The molecule has 55 heavy (non-hydrogen) atoms. The summed E-state index contributed by atoms with van der Waals surface area (Å²) < 4.78 is 0. The Labute approximate surface area is 325 Å². The molecule has 0 atom stereocenters. The molecule has 8 aromatic rings. The van der Waals surface area contributed by atoms with Crippen LogP contribution in [0.2, 0.25) is 0 Å². The SMILES string of the molecule is C=C/C=C(\C=C)c1ccc(-c2ccc(N(c3ccc(-c4ccccc4)cc3)c3ccc(-c4ccc(-c5ccccc5)cc4)cc3)cc2-c2ccccc2)cc1. The molecule has 8 rings (SSSR count). The molecule has 0 N–H and O–H groups in total. The largest absolute Gasteiger partial charge is 0.310 e. The smallest absolute Gasteiger partial charge is 0.0468 e. The first kappa shape index (κ1) is 34.8. The van der Waals surface area contributed by atoms with Crippen molar-refractivity contribution in [2.24, 2.45) is 0 Å². The van der Waals surface area contributed by atoms with E-state index in [4.69, 9.17) is 0 Å². The van der Waals surface area contributed by atoms with E-state index < -0.39 is 0 Å². The number of anilines is 3. The molecule has 0 amide bonds. The Hall–Kier alpha value is -7.22. The van der Waals surface area contributed by atoms with Crippen LogP contribution in [0.5, 0.6) is 0 Å². The maximum absolute atomic E-state index is 4.00. The van der Waals surface area contributed by atoms with E-state index in [0.717, 1.165) is 44.9 Å².